The van der Waals surface area contributed by atoms with E-state index in [1.165, 1.54) is 0 Å². The molecule has 0 saturated heterocycles. The highest BCUT2D eigenvalue weighted by atomic mass is 28.5. The van der Waals surface area contributed by atoms with Crippen molar-refractivity contribution in [3.63, 3.8) is 0 Å². The Kier molecular flexibility index (Phi) is 21.8. The second kappa shape index (κ2) is 26.4. The van der Waals surface area contributed by atoms with Gasteiger partial charge in [0.15, 0.2) is 0 Å². The molecule has 336 valence electrons. The fourth-order valence-corrected chi connectivity index (χ4v) is 30.1. The third-order valence-electron chi connectivity index (χ3n) is 9.83. The molecule has 6 aromatic rings. The Bertz CT molecular complexity index is 1890. The summed E-state index contributed by atoms with van der Waals surface area (Å²) in [6, 6.07) is 60.4. The van der Waals surface area contributed by atoms with E-state index in [0.29, 0.717) is 0 Å². The molecule has 6 aromatic carbocycles. The van der Waals surface area contributed by atoms with Crippen LogP contribution in [0.3, 0.4) is 0 Å². The summed E-state index contributed by atoms with van der Waals surface area (Å²) in [7, 11) is -9.13. The summed E-state index contributed by atoms with van der Waals surface area (Å²) in [6.45, 7) is 4.03. The fourth-order valence-electron chi connectivity index (χ4n) is 6.89. The van der Waals surface area contributed by atoms with Crippen LogP contribution in [0, 0.1) is 0 Å². The summed E-state index contributed by atoms with van der Waals surface area (Å²) in [5.41, 5.74) is 0. The Morgan fingerprint density at radius 1 is 0.286 bits per heavy atom. The van der Waals surface area contributed by atoms with Gasteiger partial charge in [-0.15, -0.1) is 0 Å². The third kappa shape index (κ3) is 13.3. The van der Waals surface area contributed by atoms with Crippen LogP contribution in [0.15, 0.2) is 182 Å². The molecule has 0 radical (unpaired) electrons. The highest BCUT2D eigenvalue weighted by Crippen LogP contribution is 2.20. The van der Waals surface area contributed by atoms with Crippen LogP contribution in [0.25, 0.3) is 0 Å². The molecule has 1 atom stereocenters. The molecule has 0 bridgehead atoms. The van der Waals surface area contributed by atoms with Crippen molar-refractivity contribution in [2.45, 2.75) is 20.5 Å². The highest BCUT2D eigenvalue weighted by molar-refractivity contribution is 7.01. The molecule has 0 amide bonds. The molecule has 0 fully saturated rings. The van der Waals surface area contributed by atoms with E-state index in [9.17, 15) is 0 Å². The molecular formula is C45H62O11Si7. The zero-order chi connectivity index (χ0) is 44.3. The lowest BCUT2D eigenvalue weighted by molar-refractivity contribution is 0.180. The van der Waals surface area contributed by atoms with E-state index in [0.717, 1.165) is 31.1 Å². The van der Waals surface area contributed by atoms with E-state index >= 15 is 0 Å². The molecular weight excluding hydrogens is 913 g/mol. The number of rotatable bonds is 22. The minimum absolute atomic E-state index is 0. The molecule has 0 saturated carbocycles. The maximum atomic E-state index is 7.19. The third-order valence-corrected chi connectivity index (χ3v) is 31.3. The van der Waals surface area contributed by atoms with Gasteiger partial charge in [0, 0.05) is 42.7 Å². The largest absolute Gasteiger partial charge is 0.475 e. The maximum absolute atomic E-state index is 7.19. The molecule has 0 aliphatic rings. The van der Waals surface area contributed by atoms with E-state index in [4.69, 9.17) is 47.1 Å². The molecule has 18 heteroatoms. The van der Waals surface area contributed by atoms with Crippen molar-refractivity contribution in [3.05, 3.63) is 182 Å². The van der Waals surface area contributed by atoms with Crippen molar-refractivity contribution in [1.82, 2.24) is 0 Å². The van der Waals surface area contributed by atoms with E-state index in [1.54, 1.807) is 42.7 Å². The summed E-state index contributed by atoms with van der Waals surface area (Å²) in [6.07, 6.45) is 0. The first kappa shape index (κ1) is 52.0. The van der Waals surface area contributed by atoms with Crippen LogP contribution < -0.4 is 31.1 Å². The van der Waals surface area contributed by atoms with Gasteiger partial charge in [0.1, 0.15) is 0 Å². The minimum Gasteiger partial charge on any atom is -0.411 e. The summed E-state index contributed by atoms with van der Waals surface area (Å²) in [5, 5.41) is 5.92. The lowest BCUT2D eigenvalue weighted by Gasteiger charge is -2.40. The van der Waals surface area contributed by atoms with E-state index in [1.807, 2.05) is 171 Å². The second-order valence-corrected chi connectivity index (χ2v) is 31.8. The van der Waals surface area contributed by atoms with Crippen molar-refractivity contribution in [2.75, 3.05) is 42.7 Å². The Balaban J connectivity index is 0.000000347. The summed E-state index contributed by atoms with van der Waals surface area (Å²) in [5.74, 6) is 0. The van der Waals surface area contributed by atoms with Gasteiger partial charge in [0.05, 0.1) is 0 Å². The van der Waals surface area contributed by atoms with Gasteiger partial charge >= 0.3 is 63.3 Å². The first-order valence-corrected chi connectivity index (χ1v) is 32.6. The van der Waals surface area contributed by atoms with Gasteiger partial charge in [-0.1, -0.05) is 189 Å². The Hall–Kier alpha value is -3.60. The van der Waals surface area contributed by atoms with Crippen LogP contribution in [0.5, 0.6) is 0 Å². The average Bonchev–Trinajstić information content (AvgIpc) is 3.35. The van der Waals surface area contributed by atoms with Gasteiger partial charge in [-0.25, -0.2) is 0 Å². The van der Waals surface area contributed by atoms with Crippen LogP contribution in [0.1, 0.15) is 7.43 Å². The average molecular weight is 976 g/mol. The molecule has 1 unspecified atom stereocenters. The van der Waals surface area contributed by atoms with Gasteiger partial charge in [0.2, 0.25) is 0 Å². The molecule has 0 spiro atoms. The standard InChI is InChI=1S/C29H38O8Si5.C15H20O3Si2.CH4/c1-30-39(31-2)36-41(26-18-10-6-11-19-26,27-20-12-7-13-21-27)34-38(5)35-42(37-40(32-3)33-4,28-22-14-8-15-23-28)29-24-16-9-17-25-29;1-16-19(3)18-20(17-2,14-10-6-4-7-11-14)15-12-8-5-9-13-15;/h6-25,38-40H,1-5H3;4-13,19H,1-3H3;1H4. The minimum atomic E-state index is -3.41. The van der Waals surface area contributed by atoms with Gasteiger partial charge < -0.3 is 47.1 Å². The van der Waals surface area contributed by atoms with E-state index < -0.39 is 63.3 Å². The van der Waals surface area contributed by atoms with Gasteiger partial charge in [-0.2, -0.15) is 0 Å². The molecule has 0 aliphatic carbocycles. The molecule has 0 N–H and O–H groups in total. The van der Waals surface area contributed by atoms with Crippen LogP contribution in [0.2, 0.25) is 13.1 Å². The van der Waals surface area contributed by atoms with Crippen molar-refractivity contribution in [1.29, 1.82) is 0 Å². The van der Waals surface area contributed by atoms with Crippen molar-refractivity contribution in [2.24, 2.45) is 0 Å². The molecule has 0 heterocycles. The summed E-state index contributed by atoms with van der Waals surface area (Å²) < 4.78 is 68.5. The quantitative estimate of drug-likeness (QED) is 0.0937. The van der Waals surface area contributed by atoms with Crippen LogP contribution >= 0.6 is 0 Å². The molecule has 0 aliphatic heterocycles. The number of benzene rings is 6. The Morgan fingerprint density at radius 2 is 0.508 bits per heavy atom. The van der Waals surface area contributed by atoms with Crippen LogP contribution in [0.4, 0.5) is 0 Å². The molecule has 0 aromatic heterocycles. The van der Waals surface area contributed by atoms with Gasteiger partial charge in [-0.05, 0) is 44.2 Å². The lowest BCUT2D eigenvalue weighted by Crippen LogP contribution is -2.71. The first-order valence-electron chi connectivity index (χ1n) is 20.2. The van der Waals surface area contributed by atoms with E-state index in [2.05, 4.69) is 24.3 Å². The maximum Gasteiger partial charge on any atom is 0.475 e. The van der Waals surface area contributed by atoms with Crippen LogP contribution in [-0.2, 0) is 47.1 Å². The number of hydrogen-bond donors (Lipinski definition) is 0. The lowest BCUT2D eigenvalue weighted by atomic mass is 10.4. The van der Waals surface area contributed by atoms with Crippen molar-refractivity contribution < 1.29 is 47.1 Å². The zero-order valence-corrected chi connectivity index (χ0v) is 44.2. The highest BCUT2D eigenvalue weighted by Gasteiger charge is 2.52. The predicted molar refractivity (Wildman–Crippen MR) is 268 cm³/mol. The monoisotopic (exact) mass is 974 g/mol. The van der Waals surface area contributed by atoms with Crippen molar-refractivity contribution in [3.8, 4) is 0 Å². The topological polar surface area (TPSA) is 102 Å². The Morgan fingerprint density at radius 3 is 0.714 bits per heavy atom. The predicted octanol–water partition coefficient (Wildman–Crippen LogP) is 3.48. The van der Waals surface area contributed by atoms with Gasteiger partial charge in [-0.3, -0.25) is 0 Å². The SMILES string of the molecule is C.CO[SiH](C)O[Si](OC)(c1ccccc1)c1ccccc1.CO[SiH](OC)O[Si](O[SiH](C)O[Si](O[SiH](OC)OC)(c1ccccc1)c1ccccc1)(c1ccccc1)c1ccccc1. The molecule has 6 rings (SSSR count). The molecule has 63 heavy (non-hydrogen) atoms. The number of hydrogen-bond acceptors (Lipinski definition) is 11. The smallest absolute Gasteiger partial charge is 0.411 e. The van der Waals surface area contributed by atoms with Gasteiger partial charge in [0.25, 0.3) is 0 Å². The zero-order valence-electron chi connectivity index (χ0n) is 36.6. The summed E-state index contributed by atoms with van der Waals surface area (Å²) in [4.78, 5) is 0. The normalized spacial score (nSPS) is 12.4. The first-order chi connectivity index (χ1) is 30.2. The Labute approximate surface area is 384 Å². The second-order valence-electron chi connectivity index (χ2n) is 13.7. The van der Waals surface area contributed by atoms with Crippen molar-refractivity contribution >= 4 is 94.4 Å². The summed E-state index contributed by atoms with van der Waals surface area (Å²) >= 11 is 0. The van der Waals surface area contributed by atoms with E-state index in [-0.39, 0.29) is 7.43 Å². The van der Waals surface area contributed by atoms with Crippen LogP contribution in [-0.4, -0.2) is 106 Å². The molecule has 11 nitrogen and oxygen atoms in total. The fraction of sp³-hybridized carbons (Fsp3) is 0.200.